The van der Waals surface area contributed by atoms with Gasteiger partial charge in [0, 0.05) is 23.4 Å². The number of benzene rings is 3. The van der Waals surface area contributed by atoms with Gasteiger partial charge in [-0.25, -0.2) is 8.42 Å². The van der Waals surface area contributed by atoms with E-state index in [1.54, 1.807) is 48.5 Å². The van der Waals surface area contributed by atoms with Crippen molar-refractivity contribution in [3.8, 4) is 22.6 Å². The molecule has 8 heteroatoms. The molecule has 0 fully saturated rings. The van der Waals surface area contributed by atoms with Gasteiger partial charge in [0.15, 0.2) is 9.84 Å². The van der Waals surface area contributed by atoms with Crippen molar-refractivity contribution in [2.45, 2.75) is 11.1 Å². The van der Waals surface area contributed by atoms with E-state index in [2.05, 4.69) is 4.98 Å². The highest BCUT2D eigenvalue weighted by Gasteiger charge is 2.33. The van der Waals surface area contributed by atoms with Crippen LogP contribution < -0.4 is 4.74 Å². The third kappa shape index (κ3) is 4.54. The highest BCUT2D eigenvalue weighted by Crippen LogP contribution is 2.35. The summed E-state index contributed by atoms with van der Waals surface area (Å²) in [5.74, 6) is 0.866. The van der Waals surface area contributed by atoms with E-state index < -0.39 is 21.6 Å². The molecule has 1 aromatic heterocycles. The number of fused-ring (bicyclic) bond motifs is 1. The molecule has 0 radical (unpaired) electrons. The molecule has 4 nitrogen and oxygen atoms in total. The molecular weight excluding hydrogens is 427 g/mol. The van der Waals surface area contributed by atoms with Crippen LogP contribution in [0, 0.1) is 0 Å². The van der Waals surface area contributed by atoms with E-state index in [-0.39, 0.29) is 10.4 Å². The first-order chi connectivity index (χ1) is 14.6. The predicted molar refractivity (Wildman–Crippen MR) is 112 cm³/mol. The maximum atomic E-state index is 13.2. The van der Waals surface area contributed by atoms with Gasteiger partial charge in [-0.05, 0) is 48.0 Å². The smallest absolute Gasteiger partial charge is 0.418 e. The number of pyridine rings is 1. The molecule has 0 saturated carbocycles. The predicted octanol–water partition coefficient (Wildman–Crippen LogP) is 6.12. The van der Waals surface area contributed by atoms with Crippen LogP contribution in [0.2, 0.25) is 0 Å². The van der Waals surface area contributed by atoms with Crippen LogP contribution in [0.3, 0.4) is 0 Å². The van der Waals surface area contributed by atoms with Gasteiger partial charge in [-0.2, -0.15) is 13.2 Å². The molecule has 3 aromatic carbocycles. The Hall–Kier alpha value is -3.39. The standard InChI is InChI=1S/C23H16F3NO3S/c1-31(28,29)20-6-3-5-19(13-20)30-18-10-8-15(9-11-18)17-12-16-4-2-7-21(23(24,25)26)22(16)27-14-17/h2-14H,1H3. The van der Waals surface area contributed by atoms with E-state index in [4.69, 9.17) is 4.74 Å². The average Bonchev–Trinajstić information content (AvgIpc) is 2.72. The van der Waals surface area contributed by atoms with Crippen LogP contribution in [0.15, 0.2) is 83.9 Å². The summed E-state index contributed by atoms with van der Waals surface area (Å²) in [6.45, 7) is 0. The monoisotopic (exact) mass is 443 g/mol. The van der Waals surface area contributed by atoms with Crippen LogP contribution in [-0.4, -0.2) is 19.7 Å². The van der Waals surface area contributed by atoms with Crippen molar-refractivity contribution in [1.29, 1.82) is 0 Å². The second-order valence-corrected chi connectivity index (χ2v) is 8.99. The van der Waals surface area contributed by atoms with Crippen LogP contribution in [-0.2, 0) is 16.0 Å². The van der Waals surface area contributed by atoms with Gasteiger partial charge in [0.05, 0.1) is 16.0 Å². The molecule has 158 valence electrons. The minimum Gasteiger partial charge on any atom is -0.457 e. The number of aromatic nitrogens is 1. The summed E-state index contributed by atoms with van der Waals surface area (Å²) in [5, 5.41) is 0.394. The molecule has 0 unspecified atom stereocenters. The number of halogens is 3. The molecule has 0 aliphatic rings. The van der Waals surface area contributed by atoms with Crippen LogP contribution >= 0.6 is 0 Å². The summed E-state index contributed by atoms with van der Waals surface area (Å²) < 4.78 is 68.6. The quantitative estimate of drug-likeness (QED) is 0.382. The second-order valence-electron chi connectivity index (χ2n) is 6.97. The molecule has 0 aliphatic carbocycles. The zero-order valence-electron chi connectivity index (χ0n) is 16.2. The normalized spacial score (nSPS) is 12.1. The highest BCUT2D eigenvalue weighted by molar-refractivity contribution is 7.90. The Morgan fingerprint density at radius 2 is 1.55 bits per heavy atom. The molecule has 4 aromatic rings. The Labute approximate surface area is 176 Å². The first kappa shape index (κ1) is 20.9. The van der Waals surface area contributed by atoms with E-state index in [0.717, 1.165) is 17.9 Å². The summed E-state index contributed by atoms with van der Waals surface area (Å²) >= 11 is 0. The van der Waals surface area contributed by atoms with Crippen molar-refractivity contribution in [1.82, 2.24) is 4.98 Å². The molecule has 4 rings (SSSR count). The molecule has 0 spiro atoms. The van der Waals surface area contributed by atoms with Gasteiger partial charge >= 0.3 is 6.18 Å². The van der Waals surface area contributed by atoms with Crippen LogP contribution in [0.1, 0.15) is 5.56 Å². The van der Waals surface area contributed by atoms with E-state index in [9.17, 15) is 21.6 Å². The van der Waals surface area contributed by atoms with Gasteiger partial charge in [0.2, 0.25) is 0 Å². The lowest BCUT2D eigenvalue weighted by atomic mass is 10.0. The molecule has 31 heavy (non-hydrogen) atoms. The number of sulfone groups is 1. The van der Waals surface area contributed by atoms with E-state index in [1.165, 1.54) is 24.4 Å². The van der Waals surface area contributed by atoms with E-state index >= 15 is 0 Å². The third-order valence-corrected chi connectivity index (χ3v) is 5.78. The Balaban J connectivity index is 1.61. The van der Waals surface area contributed by atoms with Crippen molar-refractivity contribution in [2.24, 2.45) is 0 Å². The zero-order chi connectivity index (χ0) is 22.2. The van der Waals surface area contributed by atoms with Gasteiger partial charge in [-0.3, -0.25) is 4.98 Å². The second kappa shape index (κ2) is 7.70. The third-order valence-electron chi connectivity index (χ3n) is 4.67. The van der Waals surface area contributed by atoms with Crippen molar-refractivity contribution >= 4 is 20.7 Å². The topological polar surface area (TPSA) is 56.3 Å². The zero-order valence-corrected chi connectivity index (χ0v) is 17.0. The largest absolute Gasteiger partial charge is 0.457 e. The van der Waals surface area contributed by atoms with Crippen molar-refractivity contribution in [2.75, 3.05) is 6.26 Å². The van der Waals surface area contributed by atoms with Gasteiger partial charge < -0.3 is 4.74 Å². The Bertz CT molecular complexity index is 1370. The molecule has 0 amide bonds. The number of ether oxygens (including phenoxy) is 1. The van der Waals surface area contributed by atoms with Crippen molar-refractivity contribution < 1.29 is 26.3 Å². The van der Waals surface area contributed by atoms with Crippen LogP contribution in [0.5, 0.6) is 11.5 Å². The number of alkyl halides is 3. The van der Waals surface area contributed by atoms with Crippen LogP contribution in [0.4, 0.5) is 13.2 Å². The van der Waals surface area contributed by atoms with Gasteiger partial charge in [-0.1, -0.05) is 30.3 Å². The summed E-state index contributed by atoms with van der Waals surface area (Å²) in [4.78, 5) is 4.19. The highest BCUT2D eigenvalue weighted by atomic mass is 32.2. The first-order valence-corrected chi connectivity index (χ1v) is 11.0. The molecule has 0 saturated heterocycles. The maximum Gasteiger partial charge on any atom is 0.418 e. The van der Waals surface area contributed by atoms with Crippen molar-refractivity contribution in [3.63, 3.8) is 0 Å². The summed E-state index contributed by atoms with van der Waals surface area (Å²) in [7, 11) is -3.35. The lowest BCUT2D eigenvalue weighted by Crippen LogP contribution is -2.06. The molecule has 0 bridgehead atoms. The average molecular weight is 443 g/mol. The molecule has 0 atom stereocenters. The lowest BCUT2D eigenvalue weighted by molar-refractivity contribution is -0.136. The Morgan fingerprint density at radius 3 is 2.23 bits per heavy atom. The molecule has 0 N–H and O–H groups in total. The number of rotatable bonds is 4. The van der Waals surface area contributed by atoms with Crippen molar-refractivity contribution in [3.05, 3.63) is 84.6 Å². The van der Waals surface area contributed by atoms with Gasteiger partial charge in [-0.15, -0.1) is 0 Å². The Kier molecular flexibility index (Phi) is 5.18. The molecule has 1 heterocycles. The number of hydrogen-bond acceptors (Lipinski definition) is 4. The summed E-state index contributed by atoms with van der Waals surface area (Å²) in [5.41, 5.74) is 0.558. The minimum atomic E-state index is -4.47. The van der Waals surface area contributed by atoms with Gasteiger partial charge in [0.25, 0.3) is 0 Å². The van der Waals surface area contributed by atoms with Crippen LogP contribution in [0.25, 0.3) is 22.0 Å². The lowest BCUT2D eigenvalue weighted by Gasteiger charge is -2.11. The number of nitrogens with zero attached hydrogens (tertiary/aromatic N) is 1. The SMILES string of the molecule is CS(=O)(=O)c1cccc(Oc2ccc(-c3cnc4c(C(F)(F)F)cccc4c3)cc2)c1. The Morgan fingerprint density at radius 1 is 0.839 bits per heavy atom. The number of para-hydroxylation sites is 1. The summed E-state index contributed by atoms with van der Waals surface area (Å²) in [6.07, 6.45) is -1.94. The first-order valence-electron chi connectivity index (χ1n) is 9.16. The molecule has 0 aliphatic heterocycles. The van der Waals surface area contributed by atoms with E-state index in [0.29, 0.717) is 22.4 Å². The number of hydrogen-bond donors (Lipinski definition) is 0. The van der Waals surface area contributed by atoms with E-state index in [1.807, 2.05) is 0 Å². The fourth-order valence-corrected chi connectivity index (χ4v) is 3.82. The van der Waals surface area contributed by atoms with Gasteiger partial charge in [0.1, 0.15) is 11.5 Å². The minimum absolute atomic E-state index is 0.0931. The molecular formula is C23H16F3NO3S. The summed E-state index contributed by atoms with van der Waals surface area (Å²) in [6, 6.07) is 18.7. The fraction of sp³-hybridized carbons (Fsp3) is 0.0870. The fourth-order valence-electron chi connectivity index (χ4n) is 3.17. The maximum absolute atomic E-state index is 13.2.